The molecule has 3 heterocycles. The van der Waals surface area contributed by atoms with Gasteiger partial charge in [0.05, 0.1) is 30.2 Å². The number of carbonyl (C=O) groups excluding carboxylic acids is 2. The number of hydrogen-bond donors (Lipinski definition) is 1. The maximum absolute atomic E-state index is 13.1. The number of benzene rings is 1. The average Bonchev–Trinajstić information content (AvgIpc) is 3.16. The van der Waals surface area contributed by atoms with Crippen molar-refractivity contribution in [1.29, 1.82) is 0 Å². The predicted octanol–water partition coefficient (Wildman–Crippen LogP) is 3.11. The van der Waals surface area contributed by atoms with Gasteiger partial charge in [-0.05, 0) is 41.6 Å². The van der Waals surface area contributed by atoms with E-state index in [1.165, 1.54) is 22.0 Å². The van der Waals surface area contributed by atoms with Crippen LogP contribution in [0.25, 0.3) is 0 Å². The summed E-state index contributed by atoms with van der Waals surface area (Å²) in [6, 6.07) is 9.92. The van der Waals surface area contributed by atoms with Gasteiger partial charge in [0.25, 0.3) is 11.8 Å². The number of aromatic nitrogens is 3. The van der Waals surface area contributed by atoms with E-state index < -0.39 is 18.0 Å². The number of nitrogens with one attached hydrogen (secondary N) is 1. The first-order valence-corrected chi connectivity index (χ1v) is 8.65. The van der Waals surface area contributed by atoms with E-state index in [1.54, 1.807) is 42.6 Å². The summed E-state index contributed by atoms with van der Waals surface area (Å²) < 4.78 is 1.18. The second-order valence-corrected chi connectivity index (χ2v) is 6.46. The predicted molar refractivity (Wildman–Crippen MR) is 102 cm³/mol. The summed E-state index contributed by atoms with van der Waals surface area (Å²) in [5.41, 5.74) is 1.04. The Morgan fingerprint density at radius 3 is 2.68 bits per heavy atom. The van der Waals surface area contributed by atoms with Crippen molar-refractivity contribution in [3.8, 4) is 0 Å². The van der Waals surface area contributed by atoms with Crippen LogP contribution in [-0.4, -0.2) is 33.1 Å². The van der Waals surface area contributed by atoms with Crippen LogP contribution in [0.4, 0.5) is 11.4 Å². The highest BCUT2D eigenvalue weighted by Crippen LogP contribution is 2.29. The van der Waals surface area contributed by atoms with E-state index in [1.807, 2.05) is 0 Å². The Kier molecular flexibility index (Phi) is 4.58. The van der Waals surface area contributed by atoms with E-state index in [0.717, 1.165) is 0 Å². The molecular weight excluding hydrogens is 384 g/mol. The normalized spacial score (nSPS) is 15.8. The first kappa shape index (κ1) is 17.8. The summed E-state index contributed by atoms with van der Waals surface area (Å²) in [7, 11) is 0. The van der Waals surface area contributed by atoms with Crippen LogP contribution in [-0.2, 0) is 0 Å². The molecule has 2 amide bonds. The van der Waals surface area contributed by atoms with Crippen molar-refractivity contribution >= 4 is 34.8 Å². The van der Waals surface area contributed by atoms with E-state index in [0.29, 0.717) is 16.4 Å². The van der Waals surface area contributed by atoms with Crippen LogP contribution in [0.5, 0.6) is 0 Å². The second-order valence-electron chi connectivity index (χ2n) is 6.03. The van der Waals surface area contributed by atoms with E-state index in [-0.39, 0.29) is 17.8 Å². The maximum atomic E-state index is 13.1. The largest absolute Gasteiger partial charge is 0.320 e. The third-order valence-electron chi connectivity index (χ3n) is 4.30. The van der Waals surface area contributed by atoms with Crippen LogP contribution in [0.2, 0.25) is 5.02 Å². The highest BCUT2D eigenvalue weighted by atomic mass is 35.5. The zero-order valence-corrected chi connectivity index (χ0v) is 15.1. The Bertz CT molecular complexity index is 1050. The Labute approximate surface area is 163 Å². The van der Waals surface area contributed by atoms with Crippen LogP contribution in [0.1, 0.15) is 27.0 Å². The highest BCUT2D eigenvalue weighted by molar-refractivity contribution is 6.30. The fourth-order valence-electron chi connectivity index (χ4n) is 2.98. The number of rotatable bonds is 4. The van der Waals surface area contributed by atoms with Crippen molar-refractivity contribution in [2.75, 3.05) is 16.8 Å². The number of halogens is 1. The summed E-state index contributed by atoms with van der Waals surface area (Å²) in [4.78, 5) is 42.4. The Balaban J connectivity index is 1.71. The molecule has 0 spiro atoms. The van der Waals surface area contributed by atoms with Crippen LogP contribution in [0.15, 0.2) is 60.2 Å². The monoisotopic (exact) mass is 396 g/mol. The molecule has 0 aliphatic carbocycles. The molecule has 0 unspecified atom stereocenters. The molecule has 0 saturated carbocycles. The van der Waals surface area contributed by atoms with E-state index in [2.05, 4.69) is 20.6 Å². The van der Waals surface area contributed by atoms with Crippen LogP contribution in [0, 0.1) is 4.91 Å². The molecule has 0 saturated heterocycles. The molecule has 1 aliphatic rings. The highest BCUT2D eigenvalue weighted by Gasteiger charge is 2.37. The molecular formula is C18H13ClN6O3. The first-order valence-electron chi connectivity index (χ1n) is 8.27. The van der Waals surface area contributed by atoms with Crippen molar-refractivity contribution in [3.63, 3.8) is 0 Å². The molecule has 1 N–H and O–H groups in total. The molecule has 4 rings (SSSR count). The van der Waals surface area contributed by atoms with Gasteiger partial charge in [0, 0.05) is 16.9 Å². The summed E-state index contributed by atoms with van der Waals surface area (Å²) in [6.45, 7) is 0.00229. The number of hydrogen-bond acceptors (Lipinski definition) is 6. The van der Waals surface area contributed by atoms with Crippen molar-refractivity contribution in [2.45, 2.75) is 6.17 Å². The molecule has 3 aromatic rings. The van der Waals surface area contributed by atoms with Crippen molar-refractivity contribution in [2.24, 2.45) is 5.18 Å². The lowest BCUT2D eigenvalue weighted by Crippen LogP contribution is -2.43. The average molecular weight is 397 g/mol. The second kappa shape index (κ2) is 7.20. The molecule has 1 atom stereocenters. The Hall–Kier alpha value is -3.59. The minimum Gasteiger partial charge on any atom is -0.320 e. The van der Waals surface area contributed by atoms with Gasteiger partial charge >= 0.3 is 0 Å². The number of amides is 2. The van der Waals surface area contributed by atoms with Gasteiger partial charge in [0.15, 0.2) is 0 Å². The molecule has 0 fully saturated rings. The van der Waals surface area contributed by atoms with Gasteiger partial charge in [-0.2, -0.15) is 5.10 Å². The molecule has 140 valence electrons. The zero-order chi connectivity index (χ0) is 19.7. The quantitative estimate of drug-likeness (QED) is 0.681. The van der Waals surface area contributed by atoms with Gasteiger partial charge in [-0.15, -0.1) is 4.91 Å². The minimum absolute atomic E-state index is 0.00229. The lowest BCUT2D eigenvalue weighted by atomic mass is 10.1. The number of carbonyl (C=O) groups is 2. The third kappa shape index (κ3) is 3.12. The summed E-state index contributed by atoms with van der Waals surface area (Å²) in [6.07, 6.45) is 3.35. The fraction of sp³-hybridized carbons (Fsp3) is 0.111. The SMILES string of the molecule is O=N[C@H]1CN(c2ccc(Cl)cc2)C(=O)c2c(C(=O)Nc3cccnc3)cnn21. The van der Waals surface area contributed by atoms with E-state index in [9.17, 15) is 14.5 Å². The van der Waals surface area contributed by atoms with Crippen LogP contribution < -0.4 is 10.2 Å². The number of fused-ring (bicyclic) bond motifs is 1. The smallest absolute Gasteiger partial charge is 0.277 e. The Morgan fingerprint density at radius 2 is 2.00 bits per heavy atom. The third-order valence-corrected chi connectivity index (χ3v) is 4.55. The van der Waals surface area contributed by atoms with Crippen molar-refractivity contribution in [3.05, 3.63) is 76.2 Å². The van der Waals surface area contributed by atoms with Gasteiger partial charge in [0.2, 0.25) is 6.17 Å². The van der Waals surface area contributed by atoms with Crippen molar-refractivity contribution < 1.29 is 9.59 Å². The fourth-order valence-corrected chi connectivity index (χ4v) is 3.10. The summed E-state index contributed by atoms with van der Waals surface area (Å²) in [5, 5.41) is 10.3. The topological polar surface area (TPSA) is 110 Å². The first-order chi connectivity index (χ1) is 13.6. The van der Waals surface area contributed by atoms with Gasteiger partial charge in [-0.25, -0.2) is 4.68 Å². The standard InChI is InChI=1S/C18H13ClN6O3/c19-11-3-5-13(6-4-11)24-10-15(23-28)25-16(18(24)27)14(9-21-25)17(26)22-12-2-1-7-20-8-12/h1-9,15H,10H2,(H,22,26)/t15-/m1/s1. The number of pyridine rings is 1. The van der Waals surface area contributed by atoms with E-state index in [4.69, 9.17) is 11.6 Å². The van der Waals surface area contributed by atoms with Crippen LogP contribution in [0.3, 0.4) is 0 Å². The summed E-state index contributed by atoms with van der Waals surface area (Å²) >= 11 is 5.91. The lowest BCUT2D eigenvalue weighted by Gasteiger charge is -2.30. The minimum atomic E-state index is -0.955. The Morgan fingerprint density at radius 1 is 1.21 bits per heavy atom. The summed E-state index contributed by atoms with van der Waals surface area (Å²) in [5.74, 6) is -0.999. The molecule has 28 heavy (non-hydrogen) atoms. The van der Waals surface area contributed by atoms with E-state index >= 15 is 0 Å². The molecule has 0 bridgehead atoms. The lowest BCUT2D eigenvalue weighted by molar-refractivity contribution is 0.0937. The van der Waals surface area contributed by atoms with Crippen molar-refractivity contribution in [1.82, 2.24) is 14.8 Å². The van der Waals surface area contributed by atoms with Gasteiger partial charge in [-0.1, -0.05) is 11.6 Å². The van der Waals surface area contributed by atoms with Crippen LogP contribution >= 0.6 is 11.6 Å². The van der Waals surface area contributed by atoms with Gasteiger partial charge < -0.3 is 10.2 Å². The number of anilines is 2. The van der Waals surface area contributed by atoms with Gasteiger partial charge in [0.1, 0.15) is 5.69 Å². The molecule has 1 aliphatic heterocycles. The molecule has 10 heteroatoms. The molecule has 1 aromatic carbocycles. The van der Waals surface area contributed by atoms with Gasteiger partial charge in [-0.3, -0.25) is 14.6 Å². The zero-order valence-electron chi connectivity index (χ0n) is 14.3. The number of nitrogens with zero attached hydrogens (tertiary/aromatic N) is 5. The molecule has 9 nitrogen and oxygen atoms in total. The number of nitroso groups, excluding NO2 is 1. The maximum Gasteiger partial charge on any atom is 0.277 e. The molecule has 2 aromatic heterocycles. The molecule has 0 radical (unpaired) electrons.